The van der Waals surface area contributed by atoms with E-state index in [1.54, 1.807) is 44.4 Å². The number of ketones is 1. The van der Waals surface area contributed by atoms with Crippen LogP contribution < -0.4 is 18.9 Å². The summed E-state index contributed by atoms with van der Waals surface area (Å²) >= 11 is 0. The molecule has 1 aliphatic heterocycles. The third kappa shape index (κ3) is 4.38. The number of benzene rings is 2. The standard InChI is InChI=1S/C25H29NO8/c1-14-11-16(31-3)7-8-17(14)22(27)20-21(26(9-10-30-2)25(29)23(20)28)15-12-18(32-4)24(34-6)19(13-15)33-5/h7-8,11-13,21,27H,9-10H2,1-6H3/t21-/m0/s1. The fourth-order valence-corrected chi connectivity index (χ4v) is 4.08. The number of carbonyl (C=O) groups excluding carboxylic acids is 2. The molecule has 0 aliphatic carbocycles. The number of Topliss-reactive ketones (excluding diaryl/α,β-unsaturated/α-hetero) is 1. The van der Waals surface area contributed by atoms with Gasteiger partial charge in [-0.05, 0) is 48.4 Å². The zero-order valence-electron chi connectivity index (χ0n) is 20.1. The number of hydrogen-bond acceptors (Lipinski definition) is 8. The van der Waals surface area contributed by atoms with Crippen molar-refractivity contribution in [3.8, 4) is 23.0 Å². The second-order valence-corrected chi connectivity index (χ2v) is 7.62. The molecule has 0 unspecified atom stereocenters. The summed E-state index contributed by atoms with van der Waals surface area (Å²) in [5.41, 5.74) is 1.58. The first-order valence-corrected chi connectivity index (χ1v) is 10.5. The summed E-state index contributed by atoms with van der Waals surface area (Å²) in [6.07, 6.45) is 0. The van der Waals surface area contributed by atoms with Gasteiger partial charge in [0.25, 0.3) is 11.7 Å². The zero-order valence-corrected chi connectivity index (χ0v) is 20.1. The third-order valence-corrected chi connectivity index (χ3v) is 5.77. The molecule has 0 bridgehead atoms. The first-order chi connectivity index (χ1) is 16.3. The Labute approximate surface area is 198 Å². The number of methoxy groups -OCH3 is 5. The molecule has 3 rings (SSSR count). The number of ether oxygens (including phenoxy) is 5. The summed E-state index contributed by atoms with van der Waals surface area (Å²) in [6, 6.07) is 7.49. The largest absolute Gasteiger partial charge is 0.507 e. The molecule has 1 N–H and O–H groups in total. The van der Waals surface area contributed by atoms with Gasteiger partial charge >= 0.3 is 0 Å². The molecule has 1 atom stereocenters. The van der Waals surface area contributed by atoms with Crippen LogP contribution >= 0.6 is 0 Å². The summed E-state index contributed by atoms with van der Waals surface area (Å²) in [5.74, 6) is -0.114. The molecule has 182 valence electrons. The minimum absolute atomic E-state index is 0.0383. The summed E-state index contributed by atoms with van der Waals surface area (Å²) < 4.78 is 26.7. The van der Waals surface area contributed by atoms with Crippen LogP contribution in [0.15, 0.2) is 35.9 Å². The van der Waals surface area contributed by atoms with Gasteiger partial charge in [0.15, 0.2) is 11.5 Å². The quantitative estimate of drug-likeness (QED) is 0.338. The number of likely N-dealkylation sites (tertiary alicyclic amines) is 1. The van der Waals surface area contributed by atoms with Gasteiger partial charge in [0.05, 0.1) is 46.7 Å². The van der Waals surface area contributed by atoms with Gasteiger partial charge in [0, 0.05) is 19.2 Å². The number of hydrogen-bond donors (Lipinski definition) is 1. The van der Waals surface area contributed by atoms with E-state index in [1.165, 1.54) is 33.3 Å². The Hall–Kier alpha value is -3.72. The molecule has 1 saturated heterocycles. The maximum Gasteiger partial charge on any atom is 0.295 e. The van der Waals surface area contributed by atoms with Gasteiger partial charge in [0.2, 0.25) is 5.75 Å². The van der Waals surface area contributed by atoms with Gasteiger partial charge in [-0.15, -0.1) is 0 Å². The van der Waals surface area contributed by atoms with Crippen LogP contribution in [0.5, 0.6) is 23.0 Å². The SMILES string of the molecule is COCCN1C(=O)C(=O)C(=C(O)c2ccc(OC)cc2C)[C@@H]1c1cc(OC)c(OC)c(OC)c1. The number of aliphatic hydroxyl groups excluding tert-OH is 1. The molecule has 0 spiro atoms. The number of nitrogens with zero attached hydrogens (tertiary/aromatic N) is 1. The lowest BCUT2D eigenvalue weighted by Crippen LogP contribution is -2.32. The van der Waals surface area contributed by atoms with Gasteiger partial charge in [-0.2, -0.15) is 0 Å². The van der Waals surface area contributed by atoms with E-state index in [2.05, 4.69) is 0 Å². The normalized spacial score (nSPS) is 17.1. The van der Waals surface area contributed by atoms with Crippen molar-refractivity contribution >= 4 is 17.4 Å². The lowest BCUT2D eigenvalue weighted by Gasteiger charge is -2.26. The molecular weight excluding hydrogens is 442 g/mol. The minimum Gasteiger partial charge on any atom is -0.507 e. The van der Waals surface area contributed by atoms with Crippen molar-refractivity contribution in [1.29, 1.82) is 0 Å². The topological polar surface area (TPSA) is 104 Å². The number of aliphatic hydroxyl groups is 1. The van der Waals surface area contributed by atoms with Crippen molar-refractivity contribution in [2.75, 3.05) is 48.7 Å². The van der Waals surface area contributed by atoms with Crippen molar-refractivity contribution in [3.63, 3.8) is 0 Å². The van der Waals surface area contributed by atoms with Crippen LogP contribution in [-0.4, -0.2) is 70.4 Å². The fourth-order valence-electron chi connectivity index (χ4n) is 4.08. The van der Waals surface area contributed by atoms with Crippen LogP contribution in [0.4, 0.5) is 0 Å². The van der Waals surface area contributed by atoms with E-state index in [4.69, 9.17) is 23.7 Å². The number of rotatable bonds is 9. The highest BCUT2D eigenvalue weighted by molar-refractivity contribution is 6.46. The van der Waals surface area contributed by atoms with Gasteiger partial charge in [0.1, 0.15) is 11.5 Å². The average molecular weight is 472 g/mol. The highest BCUT2D eigenvalue weighted by Crippen LogP contribution is 2.45. The molecule has 34 heavy (non-hydrogen) atoms. The first-order valence-electron chi connectivity index (χ1n) is 10.5. The molecule has 0 saturated carbocycles. The van der Waals surface area contributed by atoms with E-state index in [-0.39, 0.29) is 24.5 Å². The van der Waals surface area contributed by atoms with E-state index >= 15 is 0 Å². The van der Waals surface area contributed by atoms with E-state index in [1.807, 2.05) is 0 Å². The average Bonchev–Trinajstić information content (AvgIpc) is 3.10. The molecule has 1 heterocycles. The van der Waals surface area contributed by atoms with E-state index in [0.717, 1.165) is 0 Å². The summed E-state index contributed by atoms with van der Waals surface area (Å²) in [4.78, 5) is 27.6. The summed E-state index contributed by atoms with van der Waals surface area (Å²) in [5, 5.41) is 11.3. The van der Waals surface area contributed by atoms with Crippen LogP contribution in [0.3, 0.4) is 0 Å². The smallest absolute Gasteiger partial charge is 0.295 e. The number of amides is 1. The van der Waals surface area contributed by atoms with Crippen LogP contribution in [0.25, 0.3) is 5.76 Å². The second-order valence-electron chi connectivity index (χ2n) is 7.62. The fraction of sp³-hybridized carbons (Fsp3) is 0.360. The van der Waals surface area contributed by atoms with E-state index in [0.29, 0.717) is 39.7 Å². The molecule has 9 heteroatoms. The van der Waals surface area contributed by atoms with E-state index < -0.39 is 17.7 Å². The number of carbonyl (C=O) groups is 2. The van der Waals surface area contributed by atoms with Crippen molar-refractivity contribution < 1.29 is 38.4 Å². The molecule has 0 radical (unpaired) electrons. The molecular formula is C25H29NO8. The van der Waals surface area contributed by atoms with Crippen molar-refractivity contribution in [2.45, 2.75) is 13.0 Å². The van der Waals surface area contributed by atoms with Crippen LogP contribution in [0, 0.1) is 6.92 Å². The van der Waals surface area contributed by atoms with Gasteiger partial charge in [-0.3, -0.25) is 9.59 Å². The summed E-state index contributed by atoms with van der Waals surface area (Å²) in [6.45, 7) is 2.13. The Kier molecular flexibility index (Phi) is 7.68. The predicted molar refractivity (Wildman–Crippen MR) is 125 cm³/mol. The maximum atomic E-state index is 13.2. The molecule has 2 aromatic rings. The molecule has 1 amide bonds. The highest BCUT2D eigenvalue weighted by Gasteiger charge is 2.46. The Balaban J connectivity index is 2.28. The lowest BCUT2D eigenvalue weighted by molar-refractivity contribution is -0.140. The molecule has 1 fully saturated rings. The predicted octanol–water partition coefficient (Wildman–Crippen LogP) is 3.10. The van der Waals surface area contributed by atoms with Gasteiger partial charge in [-0.25, -0.2) is 0 Å². The van der Waals surface area contributed by atoms with Crippen LogP contribution in [0.2, 0.25) is 0 Å². The highest BCUT2D eigenvalue weighted by atomic mass is 16.5. The van der Waals surface area contributed by atoms with Crippen LogP contribution in [0.1, 0.15) is 22.7 Å². The van der Waals surface area contributed by atoms with Crippen molar-refractivity contribution in [2.24, 2.45) is 0 Å². The zero-order chi connectivity index (χ0) is 25.0. The van der Waals surface area contributed by atoms with Crippen molar-refractivity contribution in [1.82, 2.24) is 4.90 Å². The summed E-state index contributed by atoms with van der Waals surface area (Å²) in [7, 11) is 7.48. The first kappa shape index (κ1) is 24.9. The molecule has 2 aromatic carbocycles. The van der Waals surface area contributed by atoms with Gasteiger partial charge < -0.3 is 33.7 Å². The lowest BCUT2D eigenvalue weighted by atomic mass is 9.93. The monoisotopic (exact) mass is 471 g/mol. The Morgan fingerprint density at radius 2 is 1.59 bits per heavy atom. The maximum absolute atomic E-state index is 13.2. The second kappa shape index (κ2) is 10.5. The third-order valence-electron chi connectivity index (χ3n) is 5.77. The Morgan fingerprint density at radius 3 is 2.09 bits per heavy atom. The number of aryl methyl sites for hydroxylation is 1. The molecule has 1 aliphatic rings. The minimum atomic E-state index is -0.898. The van der Waals surface area contributed by atoms with Crippen LogP contribution in [-0.2, 0) is 14.3 Å². The Morgan fingerprint density at radius 1 is 0.941 bits per heavy atom. The molecule has 0 aromatic heterocycles. The molecule has 9 nitrogen and oxygen atoms in total. The Bertz CT molecular complexity index is 1100. The van der Waals surface area contributed by atoms with Crippen molar-refractivity contribution in [3.05, 3.63) is 52.6 Å². The van der Waals surface area contributed by atoms with E-state index in [9.17, 15) is 14.7 Å². The van der Waals surface area contributed by atoms with Gasteiger partial charge in [-0.1, -0.05) is 0 Å².